The molecule has 0 bridgehead atoms. The molecule has 0 aromatic heterocycles. The fraction of sp³-hybridized carbons (Fsp3) is 0.429. The van der Waals surface area contributed by atoms with E-state index in [9.17, 15) is 0 Å². The van der Waals surface area contributed by atoms with Crippen LogP contribution in [-0.4, -0.2) is 39.3 Å². The molecule has 0 saturated carbocycles. The molecular weight excluding hydrogens is 490 g/mol. The summed E-state index contributed by atoms with van der Waals surface area (Å²) >= 11 is 0. The molecule has 0 spiro atoms. The number of anilines is 3. The number of hydrogen-bond donors (Lipinski definition) is 0. The lowest BCUT2D eigenvalue weighted by Gasteiger charge is -2.28. The maximum absolute atomic E-state index is 9.11. The van der Waals surface area contributed by atoms with Crippen LogP contribution in [-0.2, 0) is 0 Å². The highest BCUT2D eigenvalue weighted by Gasteiger charge is 2.22. The van der Waals surface area contributed by atoms with Crippen LogP contribution in [0.4, 0.5) is 17.1 Å². The van der Waals surface area contributed by atoms with E-state index in [1.807, 2.05) is 0 Å². The average Bonchev–Trinajstić information content (AvgIpc) is 2.97. The third kappa shape index (κ3) is 7.16. The van der Waals surface area contributed by atoms with Gasteiger partial charge in [-0.05, 0) is 106 Å². The van der Waals surface area contributed by atoms with Gasteiger partial charge in [-0.25, -0.2) is 0 Å². The maximum atomic E-state index is 9.11. The Balaban J connectivity index is 2.11. The lowest BCUT2D eigenvalue weighted by molar-refractivity contribution is 0.823. The monoisotopic (exact) mass is 535 g/mol. The molecule has 0 N–H and O–H groups in total. The van der Waals surface area contributed by atoms with Gasteiger partial charge in [0.15, 0.2) is 0 Å². The van der Waals surface area contributed by atoms with Crippen LogP contribution in [0.2, 0.25) is 0 Å². The lowest BCUT2D eigenvalue weighted by Crippen LogP contribution is -2.24. The molecule has 0 fully saturated rings. The summed E-state index contributed by atoms with van der Waals surface area (Å²) in [6.45, 7) is 18.3. The molecule has 3 aromatic rings. The van der Waals surface area contributed by atoms with E-state index in [0.29, 0.717) is 12.8 Å². The highest BCUT2D eigenvalue weighted by Crippen LogP contribution is 2.38. The molecular formula is C35H45N5. The number of hydrogen-bond acceptors (Lipinski definition) is 5. The van der Waals surface area contributed by atoms with E-state index in [0.717, 1.165) is 50.6 Å². The van der Waals surface area contributed by atoms with E-state index in [4.69, 9.17) is 10.5 Å². The van der Waals surface area contributed by atoms with Crippen molar-refractivity contribution in [3.63, 3.8) is 0 Å². The first-order chi connectivity index (χ1) is 19.4. The van der Waals surface area contributed by atoms with Gasteiger partial charge in [0.25, 0.3) is 0 Å². The molecule has 0 atom stereocenters. The van der Waals surface area contributed by atoms with Crippen molar-refractivity contribution in [3.05, 3.63) is 88.5 Å². The summed E-state index contributed by atoms with van der Waals surface area (Å²) in [6.07, 6.45) is 1.04. The topological polar surface area (TPSA) is 57.3 Å². The van der Waals surface area contributed by atoms with Gasteiger partial charge < -0.3 is 14.7 Å². The molecule has 3 aromatic carbocycles. The highest BCUT2D eigenvalue weighted by molar-refractivity contribution is 5.60. The van der Waals surface area contributed by atoms with Crippen LogP contribution in [0, 0.1) is 36.5 Å². The normalized spacial score (nSPS) is 10.7. The third-order valence-corrected chi connectivity index (χ3v) is 7.96. The fourth-order valence-corrected chi connectivity index (χ4v) is 5.66. The van der Waals surface area contributed by atoms with Crippen molar-refractivity contribution < 1.29 is 0 Å². The van der Waals surface area contributed by atoms with Crippen LogP contribution >= 0.6 is 0 Å². The first kappa shape index (κ1) is 30.6. The van der Waals surface area contributed by atoms with Crippen LogP contribution < -0.4 is 14.7 Å². The second kappa shape index (κ2) is 15.0. The van der Waals surface area contributed by atoms with Crippen molar-refractivity contribution in [1.82, 2.24) is 0 Å². The molecule has 3 rings (SSSR count). The second-order valence-corrected chi connectivity index (χ2v) is 10.3. The third-order valence-electron chi connectivity index (χ3n) is 7.96. The maximum Gasteiger partial charge on any atom is 0.0640 e. The molecule has 0 radical (unpaired) electrons. The van der Waals surface area contributed by atoms with Crippen LogP contribution in [0.3, 0.4) is 0 Å². The Morgan fingerprint density at radius 3 is 1.32 bits per heavy atom. The molecule has 40 heavy (non-hydrogen) atoms. The van der Waals surface area contributed by atoms with Gasteiger partial charge in [0, 0.05) is 62.2 Å². The summed E-state index contributed by atoms with van der Waals surface area (Å²) in [7, 11) is 0. The van der Waals surface area contributed by atoms with Crippen molar-refractivity contribution in [3.8, 4) is 12.1 Å². The molecule has 210 valence electrons. The highest BCUT2D eigenvalue weighted by atomic mass is 15.1. The Kier molecular flexibility index (Phi) is 11.5. The van der Waals surface area contributed by atoms with Gasteiger partial charge in [0.1, 0.15) is 0 Å². The summed E-state index contributed by atoms with van der Waals surface area (Å²) in [6, 6.07) is 27.2. The first-order valence-electron chi connectivity index (χ1n) is 14.7. The molecule has 0 saturated heterocycles. The fourth-order valence-electron chi connectivity index (χ4n) is 5.66. The van der Waals surface area contributed by atoms with Gasteiger partial charge in [-0.1, -0.05) is 24.3 Å². The molecule has 0 aliphatic heterocycles. The van der Waals surface area contributed by atoms with E-state index in [-0.39, 0.29) is 5.92 Å². The zero-order valence-electron chi connectivity index (χ0n) is 25.2. The minimum Gasteiger partial charge on any atom is -0.372 e. The summed E-state index contributed by atoms with van der Waals surface area (Å²) in [5.74, 6) is 0.0947. The Labute approximate surface area is 242 Å². The van der Waals surface area contributed by atoms with Gasteiger partial charge in [-0.3, -0.25) is 0 Å². The molecule has 5 nitrogen and oxygen atoms in total. The van der Waals surface area contributed by atoms with E-state index >= 15 is 0 Å². The first-order valence-corrected chi connectivity index (χ1v) is 14.7. The average molecular weight is 536 g/mol. The van der Waals surface area contributed by atoms with Gasteiger partial charge in [-0.15, -0.1) is 0 Å². The van der Waals surface area contributed by atoms with Crippen molar-refractivity contribution in [2.75, 3.05) is 54.0 Å². The Hall–Kier alpha value is -3.96. The molecule has 0 unspecified atom stereocenters. The molecule has 0 aliphatic carbocycles. The number of benzene rings is 3. The smallest absolute Gasteiger partial charge is 0.0640 e. The van der Waals surface area contributed by atoms with Gasteiger partial charge >= 0.3 is 0 Å². The number of aryl methyl sites for hydroxylation is 2. The Bertz CT molecular complexity index is 1240. The zero-order chi connectivity index (χ0) is 29.1. The van der Waals surface area contributed by atoms with Crippen LogP contribution in [0.1, 0.15) is 74.3 Å². The van der Waals surface area contributed by atoms with Crippen LogP contribution in [0.15, 0.2) is 60.7 Å². The van der Waals surface area contributed by atoms with Crippen molar-refractivity contribution in [2.24, 2.45) is 0 Å². The van der Waals surface area contributed by atoms with Gasteiger partial charge in [0.2, 0.25) is 0 Å². The lowest BCUT2D eigenvalue weighted by atomic mass is 9.81. The van der Waals surface area contributed by atoms with E-state index in [1.165, 1.54) is 33.5 Å². The van der Waals surface area contributed by atoms with Crippen molar-refractivity contribution >= 4 is 17.1 Å². The Morgan fingerprint density at radius 2 is 0.975 bits per heavy atom. The zero-order valence-corrected chi connectivity index (χ0v) is 25.2. The summed E-state index contributed by atoms with van der Waals surface area (Å²) in [5.41, 5.74) is 9.94. The predicted molar refractivity (Wildman–Crippen MR) is 170 cm³/mol. The molecule has 0 aliphatic rings. The number of nitrogens with zero attached hydrogens (tertiary/aromatic N) is 5. The minimum absolute atomic E-state index is 0.0947. The SMILES string of the molecule is CCN(CC)c1ccc(C(c2ccc(N(CC)CCC#N)cc2C)c2ccc(N(CC)CCC#N)cc2C)cc1. The number of nitriles is 2. The van der Waals surface area contributed by atoms with Crippen molar-refractivity contribution in [2.45, 2.75) is 60.3 Å². The van der Waals surface area contributed by atoms with Gasteiger partial charge in [-0.2, -0.15) is 10.5 Å². The summed E-state index contributed by atoms with van der Waals surface area (Å²) < 4.78 is 0. The summed E-state index contributed by atoms with van der Waals surface area (Å²) in [4.78, 5) is 6.92. The standard InChI is InChI=1S/C35H45N5/c1-7-38(8-2)30-15-13-29(14-16-30)35(33-19-17-31(25-27(33)5)39(9-3)23-11-21-36)34-20-18-32(26-28(34)6)40(10-4)24-12-22-37/h13-20,25-26,35H,7-12,23-24H2,1-6H3. The van der Waals surface area contributed by atoms with Crippen LogP contribution in [0.5, 0.6) is 0 Å². The van der Waals surface area contributed by atoms with E-state index < -0.39 is 0 Å². The Morgan fingerprint density at radius 1 is 0.575 bits per heavy atom. The summed E-state index contributed by atoms with van der Waals surface area (Å²) in [5, 5.41) is 18.2. The van der Waals surface area contributed by atoms with Gasteiger partial charge in [0.05, 0.1) is 25.0 Å². The molecule has 0 heterocycles. The van der Waals surface area contributed by atoms with Crippen molar-refractivity contribution in [1.29, 1.82) is 10.5 Å². The minimum atomic E-state index is 0.0947. The molecule has 5 heteroatoms. The predicted octanol–water partition coefficient (Wildman–Crippen LogP) is 7.81. The second-order valence-electron chi connectivity index (χ2n) is 10.3. The molecule has 0 amide bonds. The number of rotatable bonds is 14. The van der Waals surface area contributed by atoms with E-state index in [1.54, 1.807) is 0 Å². The largest absolute Gasteiger partial charge is 0.372 e. The quantitative estimate of drug-likeness (QED) is 0.197. The van der Waals surface area contributed by atoms with Crippen LogP contribution in [0.25, 0.3) is 0 Å². The van der Waals surface area contributed by atoms with E-state index in [2.05, 4.69) is 129 Å².